The SMILES string of the molecule is COCCCCn1nnnc1-c1ccc(Br)c(N)c1. The Morgan fingerprint density at radius 2 is 2.21 bits per heavy atom. The highest BCUT2D eigenvalue weighted by atomic mass is 79.9. The third-order valence-corrected chi connectivity index (χ3v) is 3.48. The van der Waals surface area contributed by atoms with Gasteiger partial charge in [-0.3, -0.25) is 0 Å². The molecule has 102 valence electrons. The monoisotopic (exact) mass is 325 g/mol. The topological polar surface area (TPSA) is 78.8 Å². The van der Waals surface area contributed by atoms with Crippen LogP contribution in [0.3, 0.4) is 0 Å². The largest absolute Gasteiger partial charge is 0.398 e. The van der Waals surface area contributed by atoms with Gasteiger partial charge in [-0.15, -0.1) is 5.10 Å². The highest BCUT2D eigenvalue weighted by molar-refractivity contribution is 9.10. The fourth-order valence-electron chi connectivity index (χ4n) is 1.75. The Kier molecular flexibility index (Phi) is 4.86. The van der Waals surface area contributed by atoms with E-state index >= 15 is 0 Å². The van der Waals surface area contributed by atoms with Crippen LogP contribution in [0.4, 0.5) is 5.69 Å². The molecule has 2 N–H and O–H groups in total. The van der Waals surface area contributed by atoms with Crippen LogP contribution >= 0.6 is 15.9 Å². The lowest BCUT2D eigenvalue weighted by molar-refractivity contribution is 0.191. The van der Waals surface area contributed by atoms with Crippen molar-refractivity contribution >= 4 is 21.6 Å². The summed E-state index contributed by atoms with van der Waals surface area (Å²) in [5.41, 5.74) is 7.46. The molecule has 19 heavy (non-hydrogen) atoms. The molecule has 1 heterocycles. The van der Waals surface area contributed by atoms with E-state index in [4.69, 9.17) is 10.5 Å². The second kappa shape index (κ2) is 6.63. The molecule has 0 fully saturated rings. The van der Waals surface area contributed by atoms with Crippen LogP contribution in [0.25, 0.3) is 11.4 Å². The molecule has 0 aliphatic carbocycles. The van der Waals surface area contributed by atoms with Gasteiger partial charge in [0, 0.05) is 36.0 Å². The minimum absolute atomic E-state index is 0.673. The first-order valence-electron chi connectivity index (χ1n) is 6.03. The van der Waals surface area contributed by atoms with Gasteiger partial charge in [0.1, 0.15) is 0 Å². The van der Waals surface area contributed by atoms with Gasteiger partial charge in [0.15, 0.2) is 5.82 Å². The number of hydrogen-bond donors (Lipinski definition) is 1. The number of hydrogen-bond acceptors (Lipinski definition) is 5. The van der Waals surface area contributed by atoms with Crippen molar-refractivity contribution < 1.29 is 4.74 Å². The van der Waals surface area contributed by atoms with Crippen LogP contribution in [0.1, 0.15) is 12.8 Å². The molecule has 0 saturated carbocycles. The summed E-state index contributed by atoms with van der Waals surface area (Å²) in [5.74, 6) is 0.733. The molecule has 0 bridgehead atoms. The van der Waals surface area contributed by atoms with Gasteiger partial charge in [-0.25, -0.2) is 4.68 Å². The minimum atomic E-state index is 0.673. The van der Waals surface area contributed by atoms with Gasteiger partial charge < -0.3 is 10.5 Å². The Morgan fingerprint density at radius 3 is 2.95 bits per heavy atom. The summed E-state index contributed by atoms with van der Waals surface area (Å²) >= 11 is 3.37. The number of nitrogens with two attached hydrogens (primary N) is 1. The maximum Gasteiger partial charge on any atom is 0.182 e. The van der Waals surface area contributed by atoms with Crippen LogP contribution in [0.15, 0.2) is 22.7 Å². The van der Waals surface area contributed by atoms with Crippen LogP contribution in [-0.2, 0) is 11.3 Å². The normalized spacial score (nSPS) is 10.8. The smallest absolute Gasteiger partial charge is 0.182 e. The molecule has 0 atom stereocenters. The number of nitrogens with zero attached hydrogens (tertiary/aromatic N) is 4. The summed E-state index contributed by atoms with van der Waals surface area (Å²) in [7, 11) is 1.70. The maximum atomic E-state index is 5.88. The van der Waals surface area contributed by atoms with Crippen LogP contribution in [0.5, 0.6) is 0 Å². The first kappa shape index (κ1) is 14.0. The van der Waals surface area contributed by atoms with Gasteiger partial charge >= 0.3 is 0 Å². The van der Waals surface area contributed by atoms with Crippen molar-refractivity contribution in [1.29, 1.82) is 0 Å². The van der Waals surface area contributed by atoms with E-state index in [9.17, 15) is 0 Å². The molecule has 6 nitrogen and oxygen atoms in total. The third-order valence-electron chi connectivity index (χ3n) is 2.75. The van der Waals surface area contributed by atoms with Crippen molar-refractivity contribution in [1.82, 2.24) is 20.2 Å². The molecular formula is C12H16BrN5O. The second-order valence-electron chi connectivity index (χ2n) is 4.16. The Balaban J connectivity index is 2.12. The number of methoxy groups -OCH3 is 1. The number of anilines is 1. The number of nitrogen functional groups attached to an aromatic ring is 1. The Morgan fingerprint density at radius 1 is 1.37 bits per heavy atom. The number of halogens is 1. The van der Waals surface area contributed by atoms with Gasteiger partial charge in [-0.2, -0.15) is 0 Å². The fraction of sp³-hybridized carbons (Fsp3) is 0.417. The first-order chi connectivity index (χ1) is 9.22. The van der Waals surface area contributed by atoms with Crippen LogP contribution < -0.4 is 5.73 Å². The lowest BCUT2D eigenvalue weighted by Crippen LogP contribution is -2.04. The first-order valence-corrected chi connectivity index (χ1v) is 6.82. The van der Waals surface area contributed by atoms with Gasteiger partial charge in [0.2, 0.25) is 0 Å². The van der Waals surface area contributed by atoms with Crippen molar-refractivity contribution in [3.63, 3.8) is 0 Å². The number of ether oxygens (including phenoxy) is 1. The predicted molar refractivity (Wildman–Crippen MR) is 76.5 cm³/mol. The quantitative estimate of drug-likeness (QED) is 0.650. The number of unbranched alkanes of at least 4 members (excludes halogenated alkanes) is 1. The second-order valence-corrected chi connectivity index (χ2v) is 5.02. The molecule has 7 heteroatoms. The number of aryl methyl sites for hydroxylation is 1. The van der Waals surface area contributed by atoms with Crippen LogP contribution in [0, 0.1) is 0 Å². The zero-order chi connectivity index (χ0) is 13.7. The summed E-state index contributed by atoms with van der Waals surface area (Å²) in [6, 6.07) is 5.70. The van der Waals surface area contributed by atoms with Gasteiger partial charge in [0.25, 0.3) is 0 Å². The maximum absolute atomic E-state index is 5.88. The highest BCUT2D eigenvalue weighted by Gasteiger charge is 2.09. The molecule has 0 amide bonds. The standard InChI is InChI=1S/C12H16BrN5O/c1-19-7-3-2-6-18-12(15-16-17-18)9-4-5-10(13)11(14)8-9/h4-5,8H,2-3,6-7,14H2,1H3. The molecule has 1 aromatic carbocycles. The van der Waals surface area contributed by atoms with E-state index in [1.807, 2.05) is 18.2 Å². The highest BCUT2D eigenvalue weighted by Crippen LogP contribution is 2.25. The Hall–Kier alpha value is -1.47. The van der Waals surface area contributed by atoms with Gasteiger partial charge in [-0.1, -0.05) is 0 Å². The molecule has 2 rings (SSSR count). The molecule has 0 radical (unpaired) electrons. The molecule has 0 saturated heterocycles. The Bertz CT molecular complexity index is 543. The Labute approximate surface area is 120 Å². The average molecular weight is 326 g/mol. The molecular weight excluding hydrogens is 310 g/mol. The molecule has 0 aliphatic heterocycles. The molecule has 0 spiro atoms. The van der Waals surface area contributed by atoms with Crippen molar-refractivity contribution in [2.75, 3.05) is 19.5 Å². The summed E-state index contributed by atoms with van der Waals surface area (Å²) in [6.45, 7) is 1.52. The van der Waals surface area contributed by atoms with E-state index in [0.717, 1.165) is 41.9 Å². The van der Waals surface area contributed by atoms with E-state index in [2.05, 4.69) is 31.5 Å². The summed E-state index contributed by atoms with van der Waals surface area (Å²) in [5, 5.41) is 11.8. The van der Waals surface area contributed by atoms with Crippen LogP contribution in [0.2, 0.25) is 0 Å². The summed E-state index contributed by atoms with van der Waals surface area (Å²) in [6.07, 6.45) is 1.95. The van der Waals surface area contributed by atoms with Crippen molar-refractivity contribution in [2.24, 2.45) is 0 Å². The number of aromatic nitrogens is 4. The van der Waals surface area contributed by atoms with E-state index in [1.165, 1.54) is 0 Å². The van der Waals surface area contributed by atoms with Gasteiger partial charge in [0.05, 0.1) is 0 Å². The van der Waals surface area contributed by atoms with Crippen molar-refractivity contribution in [2.45, 2.75) is 19.4 Å². The zero-order valence-electron chi connectivity index (χ0n) is 10.7. The number of tetrazole rings is 1. The molecule has 0 aliphatic rings. The third kappa shape index (κ3) is 3.51. The van der Waals surface area contributed by atoms with E-state index in [0.29, 0.717) is 5.69 Å². The minimum Gasteiger partial charge on any atom is -0.398 e. The van der Waals surface area contributed by atoms with Crippen molar-refractivity contribution in [3.8, 4) is 11.4 Å². The zero-order valence-corrected chi connectivity index (χ0v) is 12.3. The van der Waals surface area contributed by atoms with E-state index in [1.54, 1.807) is 11.8 Å². The number of benzene rings is 1. The number of rotatable bonds is 6. The van der Waals surface area contributed by atoms with Crippen LogP contribution in [-0.4, -0.2) is 33.9 Å². The van der Waals surface area contributed by atoms with E-state index < -0.39 is 0 Å². The predicted octanol–water partition coefficient (Wildman–Crippen LogP) is 2.11. The molecule has 1 aromatic heterocycles. The average Bonchev–Trinajstić information content (AvgIpc) is 2.86. The molecule has 2 aromatic rings. The molecule has 0 unspecified atom stereocenters. The lowest BCUT2D eigenvalue weighted by atomic mass is 10.2. The van der Waals surface area contributed by atoms with Gasteiger partial charge in [-0.05, 0) is 57.4 Å². The summed E-state index contributed by atoms with van der Waals surface area (Å²) < 4.78 is 7.68. The lowest BCUT2D eigenvalue weighted by Gasteiger charge is -2.06. The fourth-order valence-corrected chi connectivity index (χ4v) is 2.00. The van der Waals surface area contributed by atoms with E-state index in [-0.39, 0.29) is 0 Å². The van der Waals surface area contributed by atoms with Crippen molar-refractivity contribution in [3.05, 3.63) is 22.7 Å². The summed E-state index contributed by atoms with van der Waals surface area (Å²) in [4.78, 5) is 0.